The molecule has 8 nitrogen and oxygen atoms in total. The van der Waals surface area contributed by atoms with E-state index in [1.54, 1.807) is 31.9 Å². The summed E-state index contributed by atoms with van der Waals surface area (Å²) in [7, 11) is 1.62. The highest BCUT2D eigenvalue weighted by Gasteiger charge is 2.34. The average Bonchev–Trinajstić information content (AvgIpc) is 3.10. The third-order valence-corrected chi connectivity index (χ3v) is 7.82. The molecule has 0 N–H and O–H groups in total. The Morgan fingerprint density at radius 1 is 1.31 bits per heavy atom. The van der Waals surface area contributed by atoms with Gasteiger partial charge in [0, 0.05) is 32.2 Å². The first kappa shape index (κ1) is 27.0. The number of piperidine rings is 1. The summed E-state index contributed by atoms with van der Waals surface area (Å²) in [4.78, 5) is 42.7. The number of ether oxygens (including phenoxy) is 1. The summed E-state index contributed by atoms with van der Waals surface area (Å²) < 4.78 is 7.21. The van der Waals surface area contributed by atoms with Crippen LogP contribution in [0.4, 0.5) is 5.82 Å². The van der Waals surface area contributed by atoms with E-state index in [-0.39, 0.29) is 23.4 Å². The Morgan fingerprint density at radius 3 is 2.71 bits per heavy atom. The topological polar surface area (TPSA) is 95.6 Å². The largest absolute Gasteiger partial charge is 0.466 e. The normalized spacial score (nSPS) is 19.4. The fraction of sp³-hybridized carbons (Fsp3) is 0.560. The second-order valence-electron chi connectivity index (χ2n) is 8.79. The number of hydrogen-bond donors (Lipinski definition) is 0. The third-order valence-electron chi connectivity index (χ3n) is 6.44. The van der Waals surface area contributed by atoms with E-state index < -0.39 is 5.56 Å². The lowest BCUT2D eigenvalue weighted by molar-refractivity contribution is -0.148. The summed E-state index contributed by atoms with van der Waals surface area (Å²) in [5.74, 6) is -0.116. The maximum Gasteiger partial charge on any atom is 0.310 e. The molecule has 35 heavy (non-hydrogen) atoms. The summed E-state index contributed by atoms with van der Waals surface area (Å²) in [5, 5.41) is 9.68. The van der Waals surface area contributed by atoms with Crippen molar-refractivity contribution in [2.24, 2.45) is 13.0 Å². The van der Waals surface area contributed by atoms with E-state index >= 15 is 0 Å². The maximum absolute atomic E-state index is 13.2. The van der Waals surface area contributed by atoms with Crippen LogP contribution in [0.5, 0.6) is 0 Å². The molecule has 1 aromatic rings. The summed E-state index contributed by atoms with van der Waals surface area (Å²) in [6, 6.07) is 2.02. The van der Waals surface area contributed by atoms with Crippen LogP contribution in [-0.4, -0.2) is 51.9 Å². The van der Waals surface area contributed by atoms with Gasteiger partial charge in [-0.3, -0.25) is 23.9 Å². The van der Waals surface area contributed by atoms with Crippen molar-refractivity contribution in [2.45, 2.75) is 52.9 Å². The summed E-state index contributed by atoms with van der Waals surface area (Å²) in [6.07, 6.45) is 6.16. The second-order valence-corrected chi connectivity index (χ2v) is 10.5. The van der Waals surface area contributed by atoms with E-state index in [0.717, 1.165) is 25.7 Å². The number of esters is 1. The van der Waals surface area contributed by atoms with Gasteiger partial charge in [0.2, 0.25) is 0 Å². The Labute approximate surface area is 215 Å². The van der Waals surface area contributed by atoms with Crippen molar-refractivity contribution >= 4 is 52.1 Å². The smallest absolute Gasteiger partial charge is 0.310 e. The highest BCUT2D eigenvalue weighted by Crippen LogP contribution is 2.36. The lowest BCUT2D eigenvalue weighted by Crippen LogP contribution is -2.42. The fourth-order valence-electron chi connectivity index (χ4n) is 4.56. The van der Waals surface area contributed by atoms with Crippen LogP contribution in [0.1, 0.15) is 62.6 Å². The molecule has 0 spiro atoms. The van der Waals surface area contributed by atoms with Crippen molar-refractivity contribution in [3.63, 3.8) is 0 Å². The average molecular weight is 517 g/mol. The van der Waals surface area contributed by atoms with E-state index in [1.807, 2.05) is 11.0 Å². The number of nitrogens with zero attached hydrogens (tertiary/aromatic N) is 4. The van der Waals surface area contributed by atoms with Crippen molar-refractivity contribution in [2.75, 3.05) is 31.1 Å². The van der Waals surface area contributed by atoms with E-state index in [4.69, 9.17) is 17.0 Å². The van der Waals surface area contributed by atoms with Crippen molar-refractivity contribution < 1.29 is 14.3 Å². The van der Waals surface area contributed by atoms with E-state index in [9.17, 15) is 19.6 Å². The highest BCUT2D eigenvalue weighted by molar-refractivity contribution is 8.26. The number of carbonyl (C=O) groups is 2. The first-order valence-electron chi connectivity index (χ1n) is 12.1. The SMILES string of the molecule is CCCCCN1C(=O)C(=Cc2c(C)c(C#N)c(=O)n(C)c2N2CCCC(C(=O)OCC)C2)SC1=S. The Hall–Kier alpha value is -2.64. The number of thioether (sulfide) groups is 1. The molecule has 0 aliphatic carbocycles. The van der Waals surface area contributed by atoms with Gasteiger partial charge in [0.15, 0.2) is 0 Å². The minimum Gasteiger partial charge on any atom is -0.466 e. The number of carbonyl (C=O) groups excluding carboxylic acids is 2. The fourth-order valence-corrected chi connectivity index (χ4v) is 5.85. The number of amides is 1. The molecule has 1 aromatic heterocycles. The van der Waals surface area contributed by atoms with Crippen LogP contribution in [-0.2, 0) is 21.4 Å². The molecule has 0 radical (unpaired) electrons. The van der Waals surface area contributed by atoms with Gasteiger partial charge >= 0.3 is 5.97 Å². The molecule has 2 saturated heterocycles. The number of aromatic nitrogens is 1. The van der Waals surface area contributed by atoms with Crippen LogP contribution in [0.25, 0.3) is 6.08 Å². The van der Waals surface area contributed by atoms with Gasteiger partial charge in [0.1, 0.15) is 21.8 Å². The molecule has 2 fully saturated rings. The zero-order valence-corrected chi connectivity index (χ0v) is 22.4. The maximum atomic E-state index is 13.2. The molecule has 10 heteroatoms. The Bertz CT molecular complexity index is 1150. The van der Waals surface area contributed by atoms with Crippen LogP contribution < -0.4 is 10.5 Å². The first-order chi connectivity index (χ1) is 16.7. The zero-order valence-electron chi connectivity index (χ0n) is 20.8. The van der Waals surface area contributed by atoms with Gasteiger partial charge in [-0.25, -0.2) is 0 Å². The molecule has 1 atom stereocenters. The van der Waals surface area contributed by atoms with E-state index in [1.165, 1.54) is 16.3 Å². The summed E-state index contributed by atoms with van der Waals surface area (Å²) in [6.45, 7) is 7.55. The van der Waals surface area contributed by atoms with Crippen molar-refractivity contribution in [3.8, 4) is 6.07 Å². The number of pyridine rings is 1. The van der Waals surface area contributed by atoms with Crippen LogP contribution in [0.3, 0.4) is 0 Å². The summed E-state index contributed by atoms with van der Waals surface area (Å²) >= 11 is 6.71. The Morgan fingerprint density at radius 2 is 2.06 bits per heavy atom. The van der Waals surface area contributed by atoms with Gasteiger partial charge in [-0.1, -0.05) is 43.7 Å². The van der Waals surface area contributed by atoms with Crippen molar-refractivity contribution in [1.82, 2.24) is 9.47 Å². The van der Waals surface area contributed by atoms with Crippen LogP contribution in [0.15, 0.2) is 9.70 Å². The molecule has 3 rings (SSSR count). The molecule has 188 valence electrons. The standard InChI is InChI=1S/C25H32N4O4S2/c1-5-7-8-12-29-23(31)20(35-25(29)34)13-18-16(3)19(14-26)22(30)27(4)21(18)28-11-9-10-17(15-28)24(32)33-6-2/h13,17H,5-12,15H2,1-4H3. The monoisotopic (exact) mass is 516 g/mol. The van der Waals surface area contributed by atoms with E-state index in [2.05, 4.69) is 6.92 Å². The molecule has 0 aromatic carbocycles. The van der Waals surface area contributed by atoms with Gasteiger partial charge in [-0.05, 0) is 44.7 Å². The molecule has 0 bridgehead atoms. The molecule has 1 unspecified atom stereocenters. The van der Waals surface area contributed by atoms with E-state index in [0.29, 0.717) is 58.8 Å². The van der Waals surface area contributed by atoms with Gasteiger partial charge in [-0.15, -0.1) is 0 Å². The lowest BCUT2D eigenvalue weighted by atomic mass is 9.96. The van der Waals surface area contributed by atoms with Gasteiger partial charge in [0.05, 0.1) is 17.4 Å². The van der Waals surface area contributed by atoms with Crippen LogP contribution >= 0.6 is 24.0 Å². The first-order valence-corrected chi connectivity index (χ1v) is 13.3. The van der Waals surface area contributed by atoms with Gasteiger partial charge in [-0.2, -0.15) is 5.26 Å². The minimum absolute atomic E-state index is 0.0416. The number of thiocarbonyl (C=S) groups is 1. The van der Waals surface area contributed by atoms with Crippen LogP contribution in [0.2, 0.25) is 0 Å². The number of nitriles is 1. The highest BCUT2D eigenvalue weighted by atomic mass is 32.2. The number of anilines is 1. The number of unbranched alkanes of at least 4 members (excludes halogenated alkanes) is 2. The Kier molecular flexibility index (Phi) is 9.14. The molecule has 0 saturated carbocycles. The quantitative estimate of drug-likeness (QED) is 0.223. The predicted molar refractivity (Wildman–Crippen MR) is 142 cm³/mol. The molecule has 2 aliphatic rings. The van der Waals surface area contributed by atoms with Crippen molar-refractivity contribution in [3.05, 3.63) is 31.9 Å². The number of hydrogen-bond acceptors (Lipinski definition) is 8. The number of rotatable bonds is 8. The zero-order chi connectivity index (χ0) is 25.7. The van der Waals surface area contributed by atoms with Gasteiger partial charge in [0.25, 0.3) is 11.5 Å². The summed E-state index contributed by atoms with van der Waals surface area (Å²) in [5.41, 5.74) is 0.782. The third kappa shape index (κ3) is 5.62. The molecular formula is C25H32N4O4S2. The lowest BCUT2D eigenvalue weighted by Gasteiger charge is -2.35. The molecule has 1 amide bonds. The molecule has 3 heterocycles. The molecule has 2 aliphatic heterocycles. The Balaban J connectivity index is 2.06. The minimum atomic E-state index is -0.400. The molecular weight excluding hydrogens is 484 g/mol. The van der Waals surface area contributed by atoms with Gasteiger partial charge < -0.3 is 9.64 Å². The van der Waals surface area contributed by atoms with Crippen LogP contribution in [0, 0.1) is 24.2 Å². The predicted octanol–water partition coefficient (Wildman–Crippen LogP) is 3.74. The second kappa shape index (κ2) is 11.9. The van der Waals surface area contributed by atoms with Crippen molar-refractivity contribution in [1.29, 1.82) is 5.26 Å².